The van der Waals surface area contributed by atoms with Crippen LogP contribution in [0.3, 0.4) is 0 Å². The van der Waals surface area contributed by atoms with E-state index in [2.05, 4.69) is 20.3 Å². The monoisotopic (exact) mass is 475 g/mol. The highest BCUT2D eigenvalue weighted by molar-refractivity contribution is 8.00. The summed E-state index contributed by atoms with van der Waals surface area (Å²) in [6.07, 6.45) is 0.213. The topological polar surface area (TPSA) is 91.2 Å². The number of carbonyl (C=O) groups is 1. The van der Waals surface area contributed by atoms with E-state index in [1.165, 1.54) is 40.4 Å². The molecule has 1 aliphatic rings. The molecule has 0 spiro atoms. The predicted molar refractivity (Wildman–Crippen MR) is 113 cm³/mol. The van der Waals surface area contributed by atoms with Crippen molar-refractivity contribution in [2.24, 2.45) is 5.41 Å². The molecule has 2 atom stereocenters. The van der Waals surface area contributed by atoms with Gasteiger partial charge in [0.25, 0.3) is 0 Å². The zero-order valence-electron chi connectivity index (χ0n) is 17.3. The molecule has 2 aromatic rings. The fourth-order valence-corrected chi connectivity index (χ4v) is 5.56. The molecule has 2 aromatic heterocycles. The number of thioether (sulfide) groups is 1. The number of amides is 1. The second kappa shape index (κ2) is 9.19. The van der Waals surface area contributed by atoms with Gasteiger partial charge in [-0.15, -0.1) is 11.8 Å². The van der Waals surface area contributed by atoms with Crippen molar-refractivity contribution in [1.82, 2.24) is 19.9 Å². The second-order valence-corrected chi connectivity index (χ2v) is 10.7. The van der Waals surface area contributed by atoms with Gasteiger partial charge in [-0.05, 0) is 23.8 Å². The fourth-order valence-electron chi connectivity index (χ4n) is 3.71. The van der Waals surface area contributed by atoms with Crippen LogP contribution in [0.5, 0.6) is 0 Å². The zero-order chi connectivity index (χ0) is 22.8. The molecule has 0 aromatic carbocycles. The van der Waals surface area contributed by atoms with Gasteiger partial charge in [-0.1, -0.05) is 32.1 Å². The number of piperidine rings is 1. The van der Waals surface area contributed by atoms with Crippen LogP contribution in [0.2, 0.25) is 0 Å². The minimum atomic E-state index is -4.55. The van der Waals surface area contributed by atoms with Gasteiger partial charge in [0.05, 0.1) is 16.4 Å². The quantitative estimate of drug-likeness (QED) is 0.574. The van der Waals surface area contributed by atoms with Gasteiger partial charge in [0.15, 0.2) is 5.13 Å². The van der Waals surface area contributed by atoms with Gasteiger partial charge in [0.1, 0.15) is 0 Å². The largest absolute Gasteiger partial charge is 0.465 e. The lowest BCUT2D eigenvalue weighted by molar-refractivity contribution is -0.145. The Hall–Kier alpha value is -2.08. The van der Waals surface area contributed by atoms with Crippen molar-refractivity contribution >= 4 is 34.3 Å². The summed E-state index contributed by atoms with van der Waals surface area (Å²) in [4.78, 5) is 24.4. The van der Waals surface area contributed by atoms with Crippen LogP contribution in [0.15, 0.2) is 22.8 Å². The van der Waals surface area contributed by atoms with Gasteiger partial charge in [-0.3, -0.25) is 0 Å². The smallest absolute Gasteiger partial charge is 0.451 e. The fraction of sp³-hybridized carbons (Fsp3) is 0.579. The third kappa shape index (κ3) is 6.00. The standard InChI is InChI=1S/C19H24F3N5O2S2/c1-18(2,3)14-12(5-4-6-27(14)17(28)29)26-16-25-9-13(31-16)30-10-11-7-23-15(24-8-11)19(20,21)22/h7-9,12,14H,4-6,10H2,1-3H3,(H,25,26)(H,28,29). The van der Waals surface area contributed by atoms with Crippen molar-refractivity contribution in [2.45, 2.75) is 61.8 Å². The highest BCUT2D eigenvalue weighted by Gasteiger charge is 2.42. The molecule has 2 N–H and O–H groups in total. The molecule has 12 heteroatoms. The Morgan fingerprint density at radius 1 is 1.26 bits per heavy atom. The van der Waals surface area contributed by atoms with Crippen molar-refractivity contribution in [3.63, 3.8) is 0 Å². The van der Waals surface area contributed by atoms with Crippen molar-refractivity contribution < 1.29 is 23.1 Å². The van der Waals surface area contributed by atoms with E-state index in [4.69, 9.17) is 0 Å². The lowest BCUT2D eigenvalue weighted by Crippen LogP contribution is -2.58. The molecule has 1 amide bonds. The molecule has 2 unspecified atom stereocenters. The number of aromatic nitrogens is 3. The number of nitrogens with zero attached hydrogens (tertiary/aromatic N) is 4. The maximum Gasteiger partial charge on any atom is 0.451 e. The average molecular weight is 476 g/mol. The Kier molecular flexibility index (Phi) is 6.99. The van der Waals surface area contributed by atoms with Gasteiger partial charge < -0.3 is 15.3 Å². The van der Waals surface area contributed by atoms with Crippen LogP contribution in [0.4, 0.5) is 23.1 Å². The number of likely N-dealkylation sites (tertiary alicyclic amines) is 1. The number of halogens is 3. The highest BCUT2D eigenvalue weighted by atomic mass is 32.2. The summed E-state index contributed by atoms with van der Waals surface area (Å²) in [6, 6.07) is -0.250. The Bertz CT molecular complexity index is 899. The normalized spacial score (nSPS) is 20.0. The first-order valence-corrected chi connectivity index (χ1v) is 11.5. The van der Waals surface area contributed by atoms with Gasteiger partial charge >= 0.3 is 12.3 Å². The van der Waals surface area contributed by atoms with Crippen LogP contribution in [0, 0.1) is 5.41 Å². The minimum absolute atomic E-state index is 0.0582. The summed E-state index contributed by atoms with van der Waals surface area (Å²) in [7, 11) is 0. The second-order valence-electron chi connectivity index (χ2n) is 8.37. The molecule has 7 nitrogen and oxygen atoms in total. The Labute approximate surface area is 186 Å². The first-order chi connectivity index (χ1) is 14.4. The predicted octanol–water partition coefficient (Wildman–Crippen LogP) is 5.21. The first-order valence-electron chi connectivity index (χ1n) is 9.68. The van der Waals surface area contributed by atoms with Crippen molar-refractivity contribution in [3.05, 3.63) is 30.0 Å². The van der Waals surface area contributed by atoms with E-state index in [9.17, 15) is 23.1 Å². The summed E-state index contributed by atoms with van der Waals surface area (Å²) >= 11 is 2.86. The van der Waals surface area contributed by atoms with Crippen LogP contribution >= 0.6 is 23.1 Å². The number of hydrogen-bond donors (Lipinski definition) is 2. The molecule has 1 fully saturated rings. The van der Waals surface area contributed by atoms with E-state index in [1.54, 1.807) is 6.20 Å². The van der Waals surface area contributed by atoms with Gasteiger partial charge in [0.2, 0.25) is 5.82 Å². The molecule has 0 radical (unpaired) electrons. The molecule has 3 rings (SSSR count). The lowest BCUT2D eigenvalue weighted by Gasteiger charge is -2.46. The van der Waals surface area contributed by atoms with Crippen LogP contribution in [-0.4, -0.2) is 49.7 Å². The molecule has 170 valence electrons. The molecule has 0 saturated carbocycles. The number of nitrogens with one attached hydrogen (secondary N) is 1. The average Bonchev–Trinajstić information content (AvgIpc) is 3.12. The molecule has 1 aliphatic heterocycles. The summed E-state index contributed by atoms with van der Waals surface area (Å²) < 4.78 is 38.6. The number of anilines is 1. The maximum atomic E-state index is 12.6. The van der Waals surface area contributed by atoms with Crippen molar-refractivity contribution in [1.29, 1.82) is 0 Å². The first kappa shape index (κ1) is 23.6. The van der Waals surface area contributed by atoms with Crippen molar-refractivity contribution in [3.8, 4) is 0 Å². The third-order valence-corrected chi connectivity index (χ3v) is 7.09. The van der Waals surface area contributed by atoms with E-state index in [0.717, 1.165) is 17.1 Å². The summed E-state index contributed by atoms with van der Waals surface area (Å²) in [5, 5.41) is 13.7. The molecule has 0 bridgehead atoms. The molecular weight excluding hydrogens is 451 g/mol. The number of hydrogen-bond acceptors (Lipinski definition) is 7. The van der Waals surface area contributed by atoms with Crippen LogP contribution in [-0.2, 0) is 11.9 Å². The summed E-state index contributed by atoms with van der Waals surface area (Å²) in [6.45, 7) is 6.61. The SMILES string of the molecule is CC(C)(C)C1C(Nc2ncc(SCc3cnc(C(F)(F)F)nc3)s2)CCCN1C(=O)O. The van der Waals surface area contributed by atoms with Crippen molar-refractivity contribution in [2.75, 3.05) is 11.9 Å². The number of rotatable bonds is 5. The van der Waals surface area contributed by atoms with Crippen LogP contribution in [0.25, 0.3) is 0 Å². The van der Waals surface area contributed by atoms with Gasteiger partial charge in [0, 0.05) is 30.7 Å². The molecule has 0 aliphatic carbocycles. The number of carboxylic acid groups (broad SMARTS) is 1. The lowest BCUT2D eigenvalue weighted by atomic mass is 9.78. The van der Waals surface area contributed by atoms with E-state index in [-0.39, 0.29) is 17.5 Å². The number of alkyl halides is 3. The molecular formula is C19H24F3N5O2S2. The Morgan fingerprint density at radius 3 is 2.52 bits per heavy atom. The minimum Gasteiger partial charge on any atom is -0.465 e. The van der Waals surface area contributed by atoms with E-state index < -0.39 is 18.1 Å². The zero-order valence-corrected chi connectivity index (χ0v) is 18.9. The number of thiazole rings is 1. The Morgan fingerprint density at radius 2 is 1.94 bits per heavy atom. The van der Waals surface area contributed by atoms with E-state index >= 15 is 0 Å². The third-order valence-electron chi connectivity index (χ3n) is 4.90. The molecule has 31 heavy (non-hydrogen) atoms. The Balaban J connectivity index is 1.63. The van der Waals surface area contributed by atoms with Gasteiger partial charge in [-0.25, -0.2) is 19.7 Å². The molecule has 1 saturated heterocycles. The van der Waals surface area contributed by atoms with Gasteiger partial charge in [-0.2, -0.15) is 13.2 Å². The highest BCUT2D eigenvalue weighted by Crippen LogP contribution is 2.36. The maximum absolute atomic E-state index is 12.6. The van der Waals surface area contributed by atoms with Crippen LogP contribution in [0.1, 0.15) is 45.0 Å². The van der Waals surface area contributed by atoms with E-state index in [1.807, 2.05) is 20.8 Å². The van der Waals surface area contributed by atoms with E-state index in [0.29, 0.717) is 23.0 Å². The summed E-state index contributed by atoms with van der Waals surface area (Å²) in [5.74, 6) is -0.734. The summed E-state index contributed by atoms with van der Waals surface area (Å²) in [5.41, 5.74) is 0.339. The molecule has 3 heterocycles. The van der Waals surface area contributed by atoms with Crippen LogP contribution < -0.4 is 5.32 Å².